The zero-order chi connectivity index (χ0) is 22.5. The number of benzene rings is 2. The van der Waals surface area contributed by atoms with Gasteiger partial charge in [0.1, 0.15) is 30.5 Å². The van der Waals surface area contributed by atoms with Crippen LogP contribution < -0.4 is 19.6 Å². The zero-order valence-corrected chi connectivity index (χ0v) is 17.1. The van der Waals surface area contributed by atoms with E-state index in [0.717, 1.165) is 5.56 Å². The van der Waals surface area contributed by atoms with Crippen molar-refractivity contribution in [3.8, 4) is 28.6 Å². The second-order valence-corrected chi connectivity index (χ2v) is 6.79. The third-order valence-electron chi connectivity index (χ3n) is 4.64. The van der Waals surface area contributed by atoms with E-state index in [-0.39, 0.29) is 18.0 Å². The Bertz CT molecular complexity index is 1190. The lowest BCUT2D eigenvalue weighted by Crippen LogP contribution is -2.20. The Morgan fingerprint density at radius 1 is 1.16 bits per heavy atom. The monoisotopic (exact) mass is 437 g/mol. The number of carbonyl (C=O) groups excluding carboxylic acids is 1. The van der Waals surface area contributed by atoms with Crippen molar-refractivity contribution < 1.29 is 28.3 Å². The summed E-state index contributed by atoms with van der Waals surface area (Å²) >= 11 is 0. The summed E-state index contributed by atoms with van der Waals surface area (Å²) in [6, 6.07) is 12.9. The number of nitrogens with one attached hydrogen (secondary N) is 1. The highest BCUT2D eigenvalue weighted by Crippen LogP contribution is 2.34. The standard InChI is InChI=1S/C22H19N3O7/c1-29-20-12-15(25(27)28)3-5-17(20)18-7-4-16(32-18)13-23-24-22(26)11-14-2-6-19-21(10-14)31-9-8-30-19/h2-7,10,12-13H,8-9,11H2,1H3,(H,24,26)/b23-13-. The number of amides is 1. The molecule has 2 aromatic carbocycles. The van der Waals surface area contributed by atoms with Crippen LogP contribution in [0.4, 0.5) is 5.69 Å². The van der Waals surface area contributed by atoms with Crippen LogP contribution in [0.2, 0.25) is 0 Å². The second-order valence-electron chi connectivity index (χ2n) is 6.79. The van der Waals surface area contributed by atoms with Crippen molar-refractivity contribution in [2.75, 3.05) is 20.3 Å². The molecule has 0 aliphatic carbocycles. The van der Waals surface area contributed by atoms with Crippen molar-refractivity contribution in [3.63, 3.8) is 0 Å². The molecule has 1 aromatic heterocycles. The number of furan rings is 1. The maximum atomic E-state index is 12.2. The van der Waals surface area contributed by atoms with Gasteiger partial charge in [-0.25, -0.2) is 5.43 Å². The molecular formula is C22H19N3O7. The number of methoxy groups -OCH3 is 1. The van der Waals surface area contributed by atoms with E-state index in [9.17, 15) is 14.9 Å². The highest BCUT2D eigenvalue weighted by Gasteiger charge is 2.15. The summed E-state index contributed by atoms with van der Waals surface area (Å²) in [4.78, 5) is 22.6. The van der Waals surface area contributed by atoms with E-state index in [1.807, 2.05) is 0 Å². The van der Waals surface area contributed by atoms with Crippen LogP contribution in [0.5, 0.6) is 17.2 Å². The van der Waals surface area contributed by atoms with Crippen molar-refractivity contribution in [2.24, 2.45) is 5.10 Å². The molecule has 10 nitrogen and oxygen atoms in total. The number of carbonyl (C=O) groups is 1. The van der Waals surface area contributed by atoms with Crippen molar-refractivity contribution in [1.29, 1.82) is 0 Å². The molecule has 0 saturated carbocycles. The third-order valence-corrected chi connectivity index (χ3v) is 4.64. The van der Waals surface area contributed by atoms with Crippen LogP contribution in [-0.4, -0.2) is 37.4 Å². The zero-order valence-electron chi connectivity index (χ0n) is 17.1. The van der Waals surface area contributed by atoms with Gasteiger partial charge in [-0.1, -0.05) is 6.07 Å². The minimum absolute atomic E-state index is 0.0836. The van der Waals surface area contributed by atoms with Crippen LogP contribution in [0.1, 0.15) is 11.3 Å². The molecule has 0 saturated heterocycles. The van der Waals surface area contributed by atoms with Crippen molar-refractivity contribution in [2.45, 2.75) is 6.42 Å². The van der Waals surface area contributed by atoms with Gasteiger partial charge in [0.25, 0.3) is 5.69 Å². The highest BCUT2D eigenvalue weighted by atomic mass is 16.6. The van der Waals surface area contributed by atoms with Gasteiger partial charge >= 0.3 is 0 Å². The molecule has 1 N–H and O–H groups in total. The lowest BCUT2D eigenvalue weighted by atomic mass is 10.1. The molecule has 0 bridgehead atoms. The number of non-ortho nitro benzene ring substituents is 1. The Morgan fingerprint density at radius 2 is 1.97 bits per heavy atom. The van der Waals surface area contributed by atoms with E-state index in [1.54, 1.807) is 36.4 Å². The van der Waals surface area contributed by atoms with Crippen molar-refractivity contribution in [1.82, 2.24) is 5.43 Å². The van der Waals surface area contributed by atoms with Gasteiger partial charge in [-0.15, -0.1) is 0 Å². The lowest BCUT2D eigenvalue weighted by Gasteiger charge is -2.18. The van der Waals surface area contributed by atoms with E-state index in [0.29, 0.717) is 47.5 Å². The Balaban J connectivity index is 1.38. The van der Waals surface area contributed by atoms with Gasteiger partial charge in [0.05, 0.1) is 36.3 Å². The average Bonchev–Trinajstić information content (AvgIpc) is 3.27. The number of fused-ring (bicyclic) bond motifs is 1. The van der Waals surface area contributed by atoms with Crippen molar-refractivity contribution >= 4 is 17.8 Å². The molecule has 3 aromatic rings. The predicted molar refractivity (Wildman–Crippen MR) is 114 cm³/mol. The number of nitrogens with zero attached hydrogens (tertiary/aromatic N) is 2. The van der Waals surface area contributed by atoms with Gasteiger partial charge in [0, 0.05) is 6.07 Å². The van der Waals surface area contributed by atoms with Crippen LogP contribution in [0.15, 0.2) is 58.0 Å². The van der Waals surface area contributed by atoms with E-state index in [4.69, 9.17) is 18.6 Å². The predicted octanol–water partition coefficient (Wildman–Crippen LogP) is 3.33. The molecule has 0 unspecified atom stereocenters. The number of ether oxygens (including phenoxy) is 3. The van der Waals surface area contributed by atoms with Gasteiger partial charge in [0.15, 0.2) is 11.5 Å². The summed E-state index contributed by atoms with van der Waals surface area (Å²) in [5.74, 6) is 2.12. The van der Waals surface area contributed by atoms with Crippen LogP contribution >= 0.6 is 0 Å². The maximum Gasteiger partial charge on any atom is 0.273 e. The number of hydrazone groups is 1. The van der Waals surface area contributed by atoms with E-state index >= 15 is 0 Å². The van der Waals surface area contributed by atoms with Crippen LogP contribution in [0.3, 0.4) is 0 Å². The minimum atomic E-state index is -0.500. The van der Waals surface area contributed by atoms with Gasteiger partial charge in [-0.3, -0.25) is 14.9 Å². The first kappa shape index (κ1) is 20.9. The van der Waals surface area contributed by atoms with Crippen LogP contribution in [0.25, 0.3) is 11.3 Å². The van der Waals surface area contributed by atoms with Crippen molar-refractivity contribution in [3.05, 3.63) is 70.0 Å². The lowest BCUT2D eigenvalue weighted by molar-refractivity contribution is -0.384. The van der Waals surface area contributed by atoms with Gasteiger partial charge in [-0.2, -0.15) is 5.10 Å². The smallest absolute Gasteiger partial charge is 0.273 e. The third kappa shape index (κ3) is 4.69. The molecule has 10 heteroatoms. The van der Waals surface area contributed by atoms with E-state index < -0.39 is 4.92 Å². The molecule has 1 aliphatic heterocycles. The van der Waals surface area contributed by atoms with Gasteiger partial charge in [0.2, 0.25) is 5.91 Å². The SMILES string of the molecule is COc1cc([N+](=O)[O-])ccc1-c1ccc(/C=N\NC(=O)Cc2ccc3c(c2)OCCO3)o1. The topological polar surface area (TPSA) is 125 Å². The molecule has 1 amide bonds. The molecule has 0 radical (unpaired) electrons. The van der Waals surface area contributed by atoms with Gasteiger partial charge < -0.3 is 18.6 Å². The number of nitro benzene ring substituents is 1. The fourth-order valence-electron chi connectivity index (χ4n) is 3.15. The molecule has 0 fully saturated rings. The molecule has 32 heavy (non-hydrogen) atoms. The Kier molecular flexibility index (Phi) is 6.02. The van der Waals surface area contributed by atoms with Crippen LogP contribution in [-0.2, 0) is 11.2 Å². The molecule has 4 rings (SSSR count). The van der Waals surface area contributed by atoms with E-state index in [1.165, 1.54) is 25.5 Å². The molecular weight excluding hydrogens is 418 g/mol. The molecule has 1 aliphatic rings. The normalized spacial score (nSPS) is 12.5. The Labute approximate surface area is 182 Å². The summed E-state index contributed by atoms with van der Waals surface area (Å²) in [5, 5.41) is 14.9. The first-order valence-electron chi connectivity index (χ1n) is 9.66. The Morgan fingerprint density at radius 3 is 2.75 bits per heavy atom. The quantitative estimate of drug-likeness (QED) is 0.341. The second kappa shape index (κ2) is 9.21. The van der Waals surface area contributed by atoms with E-state index in [2.05, 4.69) is 10.5 Å². The largest absolute Gasteiger partial charge is 0.496 e. The summed E-state index contributed by atoms with van der Waals surface area (Å²) in [7, 11) is 1.42. The minimum Gasteiger partial charge on any atom is -0.496 e. The molecule has 164 valence electrons. The van der Waals surface area contributed by atoms with Crippen LogP contribution in [0, 0.1) is 10.1 Å². The summed E-state index contributed by atoms with van der Waals surface area (Å²) in [5.41, 5.74) is 3.69. The maximum absolute atomic E-state index is 12.2. The first-order chi connectivity index (χ1) is 15.5. The number of rotatable bonds is 7. The number of hydrogen-bond acceptors (Lipinski definition) is 8. The summed E-state index contributed by atoms with van der Waals surface area (Å²) in [6.07, 6.45) is 1.49. The Hall–Kier alpha value is -4.34. The first-order valence-corrected chi connectivity index (χ1v) is 9.66. The number of hydrogen-bond donors (Lipinski definition) is 1. The fraction of sp³-hybridized carbons (Fsp3) is 0.182. The fourth-order valence-corrected chi connectivity index (χ4v) is 3.15. The molecule has 0 spiro atoms. The summed E-state index contributed by atoms with van der Waals surface area (Å²) < 4.78 is 21.9. The van der Waals surface area contributed by atoms with Gasteiger partial charge in [-0.05, 0) is 35.9 Å². The highest BCUT2D eigenvalue weighted by molar-refractivity contribution is 5.82. The average molecular weight is 437 g/mol. The molecule has 0 atom stereocenters. The number of nitro groups is 1. The molecule has 2 heterocycles. The summed E-state index contributed by atoms with van der Waals surface area (Å²) in [6.45, 7) is 0.983.